The summed E-state index contributed by atoms with van der Waals surface area (Å²) in [6.07, 6.45) is 0.185. The number of ether oxygens (including phenoxy) is 1. The molecule has 0 aliphatic carbocycles. The molecule has 0 aromatic rings. The zero-order chi connectivity index (χ0) is 11.2. The smallest absolute Gasteiger partial charge is 0.323 e. The summed E-state index contributed by atoms with van der Waals surface area (Å²) in [5.74, 6) is -1.26. The SMILES string of the molecule is CCOC(=O)CCNC(C)(C)C(=O)O. The third-order valence-corrected chi connectivity index (χ3v) is 1.74. The van der Waals surface area contributed by atoms with Crippen LogP contribution in [0, 0.1) is 0 Å². The lowest BCUT2D eigenvalue weighted by Crippen LogP contribution is -2.47. The molecule has 0 saturated heterocycles. The van der Waals surface area contributed by atoms with Crippen LogP contribution in [-0.2, 0) is 14.3 Å². The maximum atomic E-state index is 10.9. The van der Waals surface area contributed by atoms with E-state index in [9.17, 15) is 9.59 Å². The molecule has 0 aromatic heterocycles. The number of aliphatic carboxylic acids is 1. The molecule has 14 heavy (non-hydrogen) atoms. The Morgan fingerprint density at radius 3 is 2.43 bits per heavy atom. The Bertz CT molecular complexity index is 213. The van der Waals surface area contributed by atoms with E-state index >= 15 is 0 Å². The van der Waals surface area contributed by atoms with E-state index in [4.69, 9.17) is 9.84 Å². The van der Waals surface area contributed by atoms with Crippen molar-refractivity contribution in [3.05, 3.63) is 0 Å². The molecular weight excluding hydrogens is 186 g/mol. The molecule has 0 unspecified atom stereocenters. The number of carbonyl (C=O) groups is 2. The van der Waals surface area contributed by atoms with Gasteiger partial charge in [0.15, 0.2) is 0 Å². The highest BCUT2D eigenvalue weighted by atomic mass is 16.5. The van der Waals surface area contributed by atoms with Crippen molar-refractivity contribution in [1.29, 1.82) is 0 Å². The summed E-state index contributed by atoms with van der Waals surface area (Å²) >= 11 is 0. The monoisotopic (exact) mass is 203 g/mol. The first-order valence-corrected chi connectivity index (χ1v) is 4.54. The minimum atomic E-state index is -1.01. The van der Waals surface area contributed by atoms with E-state index in [1.807, 2.05) is 0 Å². The Labute approximate surface area is 83.4 Å². The van der Waals surface area contributed by atoms with E-state index in [0.717, 1.165) is 0 Å². The fraction of sp³-hybridized carbons (Fsp3) is 0.778. The van der Waals surface area contributed by atoms with Crippen LogP contribution in [0.5, 0.6) is 0 Å². The molecule has 2 N–H and O–H groups in total. The van der Waals surface area contributed by atoms with Crippen molar-refractivity contribution in [2.24, 2.45) is 0 Å². The van der Waals surface area contributed by atoms with Crippen molar-refractivity contribution in [2.75, 3.05) is 13.2 Å². The summed E-state index contributed by atoms with van der Waals surface area (Å²) in [5, 5.41) is 11.5. The predicted molar refractivity (Wildman–Crippen MR) is 51.0 cm³/mol. The highest BCUT2D eigenvalue weighted by Crippen LogP contribution is 2.01. The Hall–Kier alpha value is -1.10. The van der Waals surface area contributed by atoms with E-state index in [2.05, 4.69) is 5.32 Å². The first-order chi connectivity index (χ1) is 6.40. The number of rotatable bonds is 6. The van der Waals surface area contributed by atoms with Gasteiger partial charge >= 0.3 is 11.9 Å². The molecule has 0 spiro atoms. The Kier molecular flexibility index (Phi) is 5.15. The van der Waals surface area contributed by atoms with Crippen LogP contribution in [0.25, 0.3) is 0 Å². The van der Waals surface area contributed by atoms with Gasteiger partial charge < -0.3 is 15.2 Å². The lowest BCUT2D eigenvalue weighted by Gasteiger charge is -2.20. The first-order valence-electron chi connectivity index (χ1n) is 4.54. The van der Waals surface area contributed by atoms with Gasteiger partial charge in [0.2, 0.25) is 0 Å². The van der Waals surface area contributed by atoms with E-state index in [0.29, 0.717) is 13.2 Å². The second-order valence-corrected chi connectivity index (χ2v) is 3.41. The van der Waals surface area contributed by atoms with Crippen LogP contribution in [0.4, 0.5) is 0 Å². The van der Waals surface area contributed by atoms with E-state index in [1.54, 1.807) is 20.8 Å². The third-order valence-electron chi connectivity index (χ3n) is 1.74. The molecule has 0 heterocycles. The lowest BCUT2D eigenvalue weighted by molar-refractivity contribution is -0.145. The van der Waals surface area contributed by atoms with Crippen molar-refractivity contribution < 1.29 is 19.4 Å². The minimum Gasteiger partial charge on any atom is -0.480 e. The number of esters is 1. The fourth-order valence-corrected chi connectivity index (χ4v) is 0.786. The van der Waals surface area contributed by atoms with Crippen LogP contribution in [-0.4, -0.2) is 35.7 Å². The molecule has 0 aliphatic heterocycles. The van der Waals surface area contributed by atoms with Crippen LogP contribution < -0.4 is 5.32 Å². The zero-order valence-electron chi connectivity index (χ0n) is 8.79. The number of hydrogen-bond acceptors (Lipinski definition) is 4. The Morgan fingerprint density at radius 1 is 1.43 bits per heavy atom. The maximum absolute atomic E-state index is 10.9. The number of carboxylic acid groups (broad SMARTS) is 1. The van der Waals surface area contributed by atoms with Crippen LogP contribution in [0.15, 0.2) is 0 Å². The van der Waals surface area contributed by atoms with Crippen LogP contribution in [0.3, 0.4) is 0 Å². The Morgan fingerprint density at radius 2 is 2.00 bits per heavy atom. The maximum Gasteiger partial charge on any atom is 0.323 e. The molecule has 0 aliphatic rings. The molecule has 0 radical (unpaired) electrons. The van der Waals surface area contributed by atoms with Gasteiger partial charge in [0.25, 0.3) is 0 Å². The molecule has 0 bridgehead atoms. The van der Waals surface area contributed by atoms with Gasteiger partial charge in [0, 0.05) is 6.54 Å². The average Bonchev–Trinajstić information content (AvgIpc) is 2.04. The molecular formula is C9H17NO4. The molecule has 0 saturated carbocycles. The molecule has 0 atom stereocenters. The fourth-order valence-electron chi connectivity index (χ4n) is 0.786. The molecule has 5 heteroatoms. The summed E-state index contributed by atoms with van der Waals surface area (Å²) in [5.41, 5.74) is -1.01. The molecule has 82 valence electrons. The molecule has 0 aromatic carbocycles. The number of carbonyl (C=O) groups excluding carboxylic acids is 1. The first kappa shape index (κ1) is 12.9. The highest BCUT2D eigenvalue weighted by molar-refractivity contribution is 5.77. The zero-order valence-corrected chi connectivity index (χ0v) is 8.79. The summed E-state index contributed by atoms with van der Waals surface area (Å²) < 4.78 is 4.69. The van der Waals surface area contributed by atoms with Gasteiger partial charge in [-0.3, -0.25) is 9.59 Å². The van der Waals surface area contributed by atoms with Crippen LogP contribution in [0.1, 0.15) is 27.2 Å². The molecule has 0 amide bonds. The minimum absolute atomic E-state index is 0.185. The second-order valence-electron chi connectivity index (χ2n) is 3.41. The van der Waals surface area contributed by atoms with Gasteiger partial charge in [-0.05, 0) is 20.8 Å². The van der Waals surface area contributed by atoms with Crippen molar-refractivity contribution in [3.8, 4) is 0 Å². The van der Waals surface area contributed by atoms with Crippen molar-refractivity contribution in [1.82, 2.24) is 5.32 Å². The molecule has 0 rings (SSSR count). The van der Waals surface area contributed by atoms with Crippen molar-refractivity contribution in [2.45, 2.75) is 32.7 Å². The summed E-state index contributed by atoms with van der Waals surface area (Å²) in [4.78, 5) is 21.5. The molecule has 0 fully saturated rings. The summed E-state index contributed by atoms with van der Waals surface area (Å²) in [7, 11) is 0. The Balaban J connectivity index is 3.74. The quantitative estimate of drug-likeness (QED) is 0.611. The van der Waals surface area contributed by atoms with Gasteiger partial charge in [-0.25, -0.2) is 0 Å². The van der Waals surface area contributed by atoms with Gasteiger partial charge in [-0.1, -0.05) is 0 Å². The second kappa shape index (κ2) is 5.59. The average molecular weight is 203 g/mol. The van der Waals surface area contributed by atoms with Crippen molar-refractivity contribution >= 4 is 11.9 Å². The van der Waals surface area contributed by atoms with Gasteiger partial charge in [0.05, 0.1) is 13.0 Å². The van der Waals surface area contributed by atoms with Crippen LogP contribution >= 0.6 is 0 Å². The van der Waals surface area contributed by atoms with Gasteiger partial charge in [-0.2, -0.15) is 0 Å². The predicted octanol–water partition coefficient (Wildman–Crippen LogP) is 0.392. The van der Waals surface area contributed by atoms with Crippen LogP contribution in [0.2, 0.25) is 0 Å². The van der Waals surface area contributed by atoms with Crippen molar-refractivity contribution in [3.63, 3.8) is 0 Å². The number of hydrogen-bond donors (Lipinski definition) is 2. The third kappa shape index (κ3) is 4.81. The highest BCUT2D eigenvalue weighted by Gasteiger charge is 2.25. The summed E-state index contributed by atoms with van der Waals surface area (Å²) in [6, 6.07) is 0. The summed E-state index contributed by atoms with van der Waals surface area (Å²) in [6.45, 7) is 5.47. The topological polar surface area (TPSA) is 75.6 Å². The van der Waals surface area contributed by atoms with E-state index in [-0.39, 0.29) is 12.4 Å². The number of nitrogens with one attached hydrogen (secondary N) is 1. The van der Waals surface area contributed by atoms with Gasteiger partial charge in [0.1, 0.15) is 5.54 Å². The standard InChI is InChI=1S/C9H17NO4/c1-4-14-7(11)5-6-10-9(2,3)8(12)13/h10H,4-6H2,1-3H3,(H,12,13). The largest absolute Gasteiger partial charge is 0.480 e. The number of carboxylic acids is 1. The lowest BCUT2D eigenvalue weighted by atomic mass is 10.1. The normalized spacial score (nSPS) is 11.1. The van der Waals surface area contributed by atoms with Gasteiger partial charge in [-0.15, -0.1) is 0 Å². The van der Waals surface area contributed by atoms with E-state index < -0.39 is 11.5 Å². The molecule has 5 nitrogen and oxygen atoms in total. The van der Waals surface area contributed by atoms with E-state index in [1.165, 1.54) is 0 Å².